The molecule has 2 aromatic heterocycles. The Labute approximate surface area is 196 Å². The summed E-state index contributed by atoms with van der Waals surface area (Å²) in [5.41, 5.74) is 3.85. The number of rotatable bonds is 5. The number of H-pyrrole nitrogens is 1. The van der Waals surface area contributed by atoms with Crippen molar-refractivity contribution in [1.82, 2.24) is 15.0 Å². The fourth-order valence-corrected chi connectivity index (χ4v) is 3.79. The SMILES string of the molecule is C=c1[nH]cn/c1=C(/N=C(\C)Nc1ccc2nccc(-c3ccc4c(c3)OCO4)c2c1)OC(C)C. The van der Waals surface area contributed by atoms with Gasteiger partial charge in [0, 0.05) is 17.3 Å². The second kappa shape index (κ2) is 8.90. The molecule has 1 aliphatic heterocycles. The summed E-state index contributed by atoms with van der Waals surface area (Å²) in [6.07, 6.45) is 3.33. The highest BCUT2D eigenvalue weighted by Crippen LogP contribution is 2.38. The van der Waals surface area contributed by atoms with Gasteiger partial charge < -0.3 is 24.5 Å². The van der Waals surface area contributed by atoms with Gasteiger partial charge >= 0.3 is 0 Å². The summed E-state index contributed by atoms with van der Waals surface area (Å²) in [6.45, 7) is 9.98. The number of ether oxygens (including phenoxy) is 3. The molecule has 0 fully saturated rings. The molecule has 8 nitrogen and oxygen atoms in total. The normalized spacial score (nSPS) is 13.9. The van der Waals surface area contributed by atoms with Crippen LogP contribution in [-0.2, 0) is 4.74 Å². The number of aromatic nitrogens is 3. The molecular formula is C26H25N5O3. The quantitative estimate of drug-likeness (QED) is 0.351. The number of amidine groups is 1. The fourth-order valence-electron chi connectivity index (χ4n) is 3.79. The molecule has 3 heterocycles. The van der Waals surface area contributed by atoms with E-state index in [-0.39, 0.29) is 12.9 Å². The van der Waals surface area contributed by atoms with E-state index >= 15 is 0 Å². The molecule has 0 bridgehead atoms. The third-order valence-electron chi connectivity index (χ3n) is 5.29. The molecule has 0 saturated carbocycles. The lowest BCUT2D eigenvalue weighted by molar-refractivity contribution is 0.174. The number of aliphatic imine (C=N–C) groups is 1. The maximum absolute atomic E-state index is 5.90. The number of nitrogens with one attached hydrogen (secondary N) is 2. The van der Waals surface area contributed by atoms with Gasteiger partial charge in [0.15, 0.2) is 11.5 Å². The zero-order valence-corrected chi connectivity index (χ0v) is 19.3. The van der Waals surface area contributed by atoms with E-state index in [0.29, 0.717) is 22.4 Å². The molecule has 0 saturated heterocycles. The molecule has 172 valence electrons. The summed E-state index contributed by atoms with van der Waals surface area (Å²) in [7, 11) is 0. The van der Waals surface area contributed by atoms with Crippen molar-refractivity contribution in [3.63, 3.8) is 0 Å². The second-order valence-corrected chi connectivity index (χ2v) is 8.18. The summed E-state index contributed by atoms with van der Waals surface area (Å²) in [6, 6.07) is 14.0. The van der Waals surface area contributed by atoms with Crippen molar-refractivity contribution in [2.75, 3.05) is 12.1 Å². The van der Waals surface area contributed by atoms with E-state index in [1.807, 2.05) is 63.4 Å². The van der Waals surface area contributed by atoms with Crippen LogP contribution in [0.25, 0.3) is 34.5 Å². The molecule has 8 heteroatoms. The number of fused-ring (bicyclic) bond motifs is 2. The van der Waals surface area contributed by atoms with Crippen LogP contribution in [0, 0.1) is 0 Å². The molecule has 1 aliphatic rings. The highest BCUT2D eigenvalue weighted by atomic mass is 16.7. The van der Waals surface area contributed by atoms with Crippen molar-refractivity contribution >= 4 is 34.9 Å². The molecule has 0 unspecified atom stereocenters. The number of benzene rings is 2. The van der Waals surface area contributed by atoms with Gasteiger partial charge in [-0.05, 0) is 68.3 Å². The molecule has 2 N–H and O–H groups in total. The largest absolute Gasteiger partial charge is 0.473 e. The van der Waals surface area contributed by atoms with Crippen LogP contribution in [-0.4, -0.2) is 33.7 Å². The number of anilines is 1. The van der Waals surface area contributed by atoms with E-state index in [2.05, 4.69) is 37.9 Å². The number of hydrogen-bond acceptors (Lipinski definition) is 6. The minimum Gasteiger partial charge on any atom is -0.473 e. The van der Waals surface area contributed by atoms with Crippen LogP contribution in [0.5, 0.6) is 11.5 Å². The van der Waals surface area contributed by atoms with Crippen LogP contribution in [0.15, 0.2) is 60.0 Å². The fraction of sp³-hybridized carbons (Fsp3) is 0.192. The van der Waals surface area contributed by atoms with Gasteiger partial charge in [-0.3, -0.25) is 4.98 Å². The predicted octanol–water partition coefficient (Wildman–Crippen LogP) is 3.79. The third-order valence-corrected chi connectivity index (χ3v) is 5.29. The Hall–Kier alpha value is -4.33. The van der Waals surface area contributed by atoms with Crippen molar-refractivity contribution in [3.8, 4) is 22.6 Å². The van der Waals surface area contributed by atoms with E-state index in [4.69, 9.17) is 14.2 Å². The van der Waals surface area contributed by atoms with Crippen LogP contribution in [0.2, 0.25) is 0 Å². The van der Waals surface area contributed by atoms with Crippen LogP contribution < -0.4 is 25.5 Å². The Balaban J connectivity index is 1.51. The van der Waals surface area contributed by atoms with E-state index in [9.17, 15) is 0 Å². The van der Waals surface area contributed by atoms with Crippen molar-refractivity contribution in [2.24, 2.45) is 4.99 Å². The maximum atomic E-state index is 5.90. The predicted molar refractivity (Wildman–Crippen MR) is 133 cm³/mol. The van der Waals surface area contributed by atoms with Gasteiger partial charge in [-0.15, -0.1) is 0 Å². The Morgan fingerprint density at radius 3 is 2.76 bits per heavy atom. The van der Waals surface area contributed by atoms with E-state index in [0.717, 1.165) is 39.2 Å². The number of hydrogen-bond donors (Lipinski definition) is 2. The van der Waals surface area contributed by atoms with Crippen molar-refractivity contribution in [2.45, 2.75) is 26.9 Å². The number of pyridine rings is 1. The lowest BCUT2D eigenvalue weighted by atomic mass is 10.0. The van der Waals surface area contributed by atoms with E-state index in [1.54, 1.807) is 6.33 Å². The van der Waals surface area contributed by atoms with E-state index < -0.39 is 0 Å². The van der Waals surface area contributed by atoms with Gasteiger partial charge in [-0.1, -0.05) is 12.6 Å². The molecule has 34 heavy (non-hydrogen) atoms. The lowest BCUT2D eigenvalue weighted by Crippen LogP contribution is -2.27. The molecule has 0 atom stereocenters. The standard InChI is InChI=1S/C26H25N5O3/c1-15(2)34-26(25-16(3)28-13-29-25)31-17(4)30-19-6-7-22-21(12-19)20(9-10-27-22)18-5-8-23-24(11-18)33-14-32-23/h5-13,15H,3,14H2,1-2,4H3,(H,28,29)(H,30,31)/b26-25-. The van der Waals surface area contributed by atoms with Crippen LogP contribution >= 0.6 is 0 Å². The molecule has 0 spiro atoms. The number of imidazole rings is 1. The number of nitrogens with zero attached hydrogens (tertiary/aromatic N) is 3. The average molecular weight is 456 g/mol. The first kappa shape index (κ1) is 21.5. The smallest absolute Gasteiger partial charge is 0.244 e. The maximum Gasteiger partial charge on any atom is 0.244 e. The number of aromatic amines is 1. The zero-order valence-electron chi connectivity index (χ0n) is 19.3. The summed E-state index contributed by atoms with van der Waals surface area (Å²) in [4.78, 5) is 16.4. The summed E-state index contributed by atoms with van der Waals surface area (Å²) < 4.78 is 16.9. The molecule has 0 amide bonds. The van der Waals surface area contributed by atoms with Crippen molar-refractivity contribution in [1.29, 1.82) is 0 Å². The first-order valence-corrected chi connectivity index (χ1v) is 11.0. The summed E-state index contributed by atoms with van der Waals surface area (Å²) >= 11 is 0. The summed E-state index contributed by atoms with van der Waals surface area (Å²) in [5.74, 6) is 2.58. The molecule has 2 aromatic carbocycles. The van der Waals surface area contributed by atoms with Crippen LogP contribution in [0.1, 0.15) is 20.8 Å². The molecule has 0 radical (unpaired) electrons. The topological polar surface area (TPSA) is 93.7 Å². The zero-order chi connectivity index (χ0) is 23.7. The molecule has 5 rings (SSSR count). The third kappa shape index (κ3) is 4.30. The lowest BCUT2D eigenvalue weighted by Gasteiger charge is -2.12. The minimum absolute atomic E-state index is 0.0568. The average Bonchev–Trinajstić information content (AvgIpc) is 3.46. The minimum atomic E-state index is -0.0568. The first-order chi connectivity index (χ1) is 16.5. The summed E-state index contributed by atoms with van der Waals surface area (Å²) in [5, 5.41) is 5.60. The highest BCUT2D eigenvalue weighted by molar-refractivity contribution is 6.00. The Bertz CT molecular complexity index is 1510. The van der Waals surface area contributed by atoms with Crippen LogP contribution in [0.3, 0.4) is 0 Å². The van der Waals surface area contributed by atoms with Gasteiger partial charge in [0.1, 0.15) is 11.2 Å². The van der Waals surface area contributed by atoms with Gasteiger partial charge in [0.05, 0.1) is 23.3 Å². The second-order valence-electron chi connectivity index (χ2n) is 8.18. The first-order valence-electron chi connectivity index (χ1n) is 11.0. The van der Waals surface area contributed by atoms with Gasteiger partial charge in [-0.2, -0.15) is 4.99 Å². The van der Waals surface area contributed by atoms with Gasteiger partial charge in [0.2, 0.25) is 12.7 Å². The van der Waals surface area contributed by atoms with E-state index in [1.165, 1.54) is 0 Å². The molecule has 4 aromatic rings. The van der Waals surface area contributed by atoms with Gasteiger partial charge in [-0.25, -0.2) is 4.98 Å². The van der Waals surface area contributed by atoms with Crippen molar-refractivity contribution < 1.29 is 14.2 Å². The molecular weight excluding hydrogens is 430 g/mol. The van der Waals surface area contributed by atoms with Gasteiger partial charge in [0.25, 0.3) is 0 Å². The Morgan fingerprint density at radius 1 is 1.12 bits per heavy atom. The van der Waals surface area contributed by atoms with Crippen LogP contribution in [0.4, 0.5) is 5.69 Å². The highest BCUT2D eigenvalue weighted by Gasteiger charge is 2.15. The Morgan fingerprint density at radius 2 is 1.97 bits per heavy atom. The monoisotopic (exact) mass is 455 g/mol. The molecule has 0 aliphatic carbocycles. The van der Waals surface area contributed by atoms with Crippen molar-refractivity contribution in [3.05, 3.63) is 65.7 Å². The Kier molecular flexibility index (Phi) is 5.63.